The summed E-state index contributed by atoms with van der Waals surface area (Å²) in [6.07, 6.45) is 0. The number of ether oxygens (including phenoxy) is 1. The molecule has 1 N–H and O–H groups in total. The van der Waals surface area contributed by atoms with Crippen molar-refractivity contribution in [1.29, 1.82) is 0 Å². The lowest BCUT2D eigenvalue weighted by molar-refractivity contribution is 0.295. The summed E-state index contributed by atoms with van der Waals surface area (Å²) in [4.78, 5) is 0. The molecule has 2 nitrogen and oxygen atoms in total. The van der Waals surface area contributed by atoms with E-state index in [2.05, 4.69) is 46.0 Å². The number of rotatable bonds is 7. The van der Waals surface area contributed by atoms with Gasteiger partial charge in [0.15, 0.2) is 0 Å². The van der Waals surface area contributed by atoms with E-state index in [0.29, 0.717) is 24.5 Å². The van der Waals surface area contributed by atoms with Gasteiger partial charge in [-0.25, -0.2) is 0 Å². The quantitative estimate of drug-likeness (QED) is 0.731. The van der Waals surface area contributed by atoms with Crippen LogP contribution >= 0.6 is 11.6 Å². The van der Waals surface area contributed by atoms with E-state index >= 15 is 0 Å². The summed E-state index contributed by atoms with van der Waals surface area (Å²) in [6.45, 7) is 14.5. The Hall–Kier alpha value is -0.730. The van der Waals surface area contributed by atoms with Crippen molar-refractivity contribution in [3.8, 4) is 5.75 Å². The van der Waals surface area contributed by atoms with Gasteiger partial charge in [-0.2, -0.15) is 0 Å². The first-order valence-corrected chi connectivity index (χ1v) is 7.87. The van der Waals surface area contributed by atoms with Gasteiger partial charge in [-0.1, -0.05) is 39.3 Å². The first-order valence-electron chi connectivity index (χ1n) is 7.49. The smallest absolute Gasteiger partial charge is 0.122 e. The van der Waals surface area contributed by atoms with Crippen molar-refractivity contribution in [2.75, 3.05) is 13.2 Å². The van der Waals surface area contributed by atoms with Crippen molar-refractivity contribution in [3.63, 3.8) is 0 Å². The minimum atomic E-state index is 0.407. The van der Waals surface area contributed by atoms with Gasteiger partial charge in [-0.15, -0.1) is 0 Å². The van der Waals surface area contributed by atoms with Gasteiger partial charge in [0, 0.05) is 17.6 Å². The van der Waals surface area contributed by atoms with Gasteiger partial charge in [-0.3, -0.25) is 0 Å². The molecule has 1 atom stereocenters. The van der Waals surface area contributed by atoms with Crippen molar-refractivity contribution in [2.45, 2.75) is 53.5 Å². The van der Waals surface area contributed by atoms with Gasteiger partial charge >= 0.3 is 0 Å². The second-order valence-electron chi connectivity index (χ2n) is 6.13. The SMILES string of the molecule is Cc1cc(Cl)c(C(C)C)cc1OCCNC(C)C(C)C. The monoisotopic (exact) mass is 297 g/mol. The summed E-state index contributed by atoms with van der Waals surface area (Å²) in [5.74, 6) is 1.99. The van der Waals surface area contributed by atoms with Gasteiger partial charge < -0.3 is 10.1 Å². The van der Waals surface area contributed by atoms with E-state index in [1.807, 2.05) is 13.0 Å². The van der Waals surface area contributed by atoms with Gasteiger partial charge in [0.25, 0.3) is 0 Å². The Balaban J connectivity index is 2.58. The van der Waals surface area contributed by atoms with Crippen molar-refractivity contribution in [1.82, 2.24) is 5.32 Å². The molecular weight excluding hydrogens is 270 g/mol. The maximum absolute atomic E-state index is 6.27. The molecule has 0 amide bonds. The summed E-state index contributed by atoms with van der Waals surface area (Å²) < 4.78 is 5.89. The number of aryl methyl sites for hydroxylation is 1. The van der Waals surface area contributed by atoms with E-state index in [4.69, 9.17) is 16.3 Å². The lowest BCUT2D eigenvalue weighted by Crippen LogP contribution is -2.33. The number of nitrogens with one attached hydrogen (secondary N) is 1. The van der Waals surface area contributed by atoms with Crippen LogP contribution in [0.3, 0.4) is 0 Å². The summed E-state index contributed by atoms with van der Waals surface area (Å²) in [5.41, 5.74) is 2.24. The number of benzene rings is 1. The zero-order valence-electron chi connectivity index (χ0n) is 13.6. The fourth-order valence-electron chi connectivity index (χ4n) is 1.95. The standard InChI is InChI=1S/C17H28ClNO/c1-11(2)14(6)19-7-8-20-17-10-15(12(3)4)16(18)9-13(17)5/h9-12,14,19H,7-8H2,1-6H3. The predicted octanol–water partition coefficient (Wildman–Crippen LogP) is 4.78. The first-order chi connectivity index (χ1) is 9.32. The van der Waals surface area contributed by atoms with Crippen LogP contribution in [0.4, 0.5) is 0 Å². The molecule has 0 radical (unpaired) electrons. The molecule has 3 heteroatoms. The van der Waals surface area contributed by atoms with E-state index in [1.165, 1.54) is 0 Å². The molecule has 0 heterocycles. The molecule has 0 aliphatic heterocycles. The Bertz CT molecular complexity index is 429. The molecule has 0 aliphatic rings. The second kappa shape index (κ2) is 7.90. The third-order valence-electron chi connectivity index (χ3n) is 3.74. The highest BCUT2D eigenvalue weighted by Crippen LogP contribution is 2.31. The Morgan fingerprint density at radius 1 is 1.15 bits per heavy atom. The molecule has 114 valence electrons. The van der Waals surface area contributed by atoms with Crippen molar-refractivity contribution < 1.29 is 4.74 Å². The summed E-state index contributed by atoms with van der Waals surface area (Å²) in [5, 5.41) is 4.30. The van der Waals surface area contributed by atoms with E-state index in [0.717, 1.165) is 28.4 Å². The fourth-order valence-corrected chi connectivity index (χ4v) is 2.39. The third-order valence-corrected chi connectivity index (χ3v) is 4.07. The lowest BCUT2D eigenvalue weighted by Gasteiger charge is -2.18. The fraction of sp³-hybridized carbons (Fsp3) is 0.647. The molecule has 0 fully saturated rings. The molecule has 0 saturated carbocycles. The molecule has 1 aromatic carbocycles. The lowest BCUT2D eigenvalue weighted by atomic mass is 10.0. The Labute approximate surface area is 128 Å². The highest BCUT2D eigenvalue weighted by Gasteiger charge is 2.10. The Morgan fingerprint density at radius 3 is 2.35 bits per heavy atom. The zero-order valence-corrected chi connectivity index (χ0v) is 14.3. The van der Waals surface area contributed by atoms with Crippen LogP contribution in [0.5, 0.6) is 5.75 Å². The normalized spacial score (nSPS) is 13.1. The minimum Gasteiger partial charge on any atom is -0.492 e. The van der Waals surface area contributed by atoms with E-state index in [-0.39, 0.29) is 0 Å². The van der Waals surface area contributed by atoms with Crippen molar-refractivity contribution in [3.05, 3.63) is 28.3 Å². The van der Waals surface area contributed by atoms with Gasteiger partial charge in [0.2, 0.25) is 0 Å². The minimum absolute atomic E-state index is 0.407. The van der Waals surface area contributed by atoms with Gasteiger partial charge in [0.05, 0.1) is 0 Å². The zero-order chi connectivity index (χ0) is 15.3. The molecule has 1 unspecified atom stereocenters. The summed E-state index contributed by atoms with van der Waals surface area (Å²) >= 11 is 6.27. The average Bonchev–Trinajstić information content (AvgIpc) is 2.35. The van der Waals surface area contributed by atoms with Crippen LogP contribution in [-0.2, 0) is 0 Å². The Kier molecular flexibility index (Phi) is 6.84. The number of hydrogen-bond acceptors (Lipinski definition) is 2. The van der Waals surface area contributed by atoms with Crippen LogP contribution in [0, 0.1) is 12.8 Å². The second-order valence-corrected chi connectivity index (χ2v) is 6.54. The molecule has 0 bridgehead atoms. The van der Waals surface area contributed by atoms with Crippen LogP contribution < -0.4 is 10.1 Å². The molecule has 20 heavy (non-hydrogen) atoms. The van der Waals surface area contributed by atoms with Crippen molar-refractivity contribution in [2.24, 2.45) is 5.92 Å². The maximum Gasteiger partial charge on any atom is 0.122 e. The maximum atomic E-state index is 6.27. The van der Waals surface area contributed by atoms with Crippen LogP contribution in [-0.4, -0.2) is 19.2 Å². The first kappa shape index (κ1) is 17.3. The summed E-state index contributed by atoms with van der Waals surface area (Å²) in [6, 6.07) is 4.58. The predicted molar refractivity (Wildman–Crippen MR) is 88.1 cm³/mol. The van der Waals surface area contributed by atoms with E-state index in [1.54, 1.807) is 0 Å². The molecule has 0 saturated heterocycles. The largest absolute Gasteiger partial charge is 0.492 e. The van der Waals surface area contributed by atoms with E-state index < -0.39 is 0 Å². The van der Waals surface area contributed by atoms with E-state index in [9.17, 15) is 0 Å². The molecule has 0 aromatic heterocycles. The topological polar surface area (TPSA) is 21.3 Å². The molecule has 0 aliphatic carbocycles. The van der Waals surface area contributed by atoms with Crippen molar-refractivity contribution >= 4 is 11.6 Å². The third kappa shape index (κ3) is 4.99. The van der Waals surface area contributed by atoms with Crippen LogP contribution in [0.2, 0.25) is 5.02 Å². The van der Waals surface area contributed by atoms with Gasteiger partial charge in [0.1, 0.15) is 12.4 Å². The molecule has 1 aromatic rings. The highest BCUT2D eigenvalue weighted by atomic mass is 35.5. The molecule has 0 spiro atoms. The van der Waals surface area contributed by atoms with Crippen LogP contribution in [0.15, 0.2) is 12.1 Å². The number of halogens is 1. The molecule has 1 rings (SSSR count). The van der Waals surface area contributed by atoms with Crippen LogP contribution in [0.1, 0.15) is 51.7 Å². The average molecular weight is 298 g/mol. The Morgan fingerprint density at radius 2 is 1.80 bits per heavy atom. The molecular formula is C17H28ClNO. The number of hydrogen-bond donors (Lipinski definition) is 1. The highest BCUT2D eigenvalue weighted by molar-refractivity contribution is 6.31. The van der Waals surface area contributed by atoms with Gasteiger partial charge in [-0.05, 0) is 48.9 Å². The van der Waals surface area contributed by atoms with Crippen LogP contribution in [0.25, 0.3) is 0 Å². The summed E-state index contributed by atoms with van der Waals surface area (Å²) in [7, 11) is 0.